The van der Waals surface area contributed by atoms with Gasteiger partial charge in [0.05, 0.1) is 6.33 Å². The van der Waals surface area contributed by atoms with Crippen LogP contribution in [0.25, 0.3) is 0 Å². The molecule has 0 radical (unpaired) electrons. The van der Waals surface area contributed by atoms with Crippen LogP contribution in [0.1, 0.15) is 72.1 Å². The highest BCUT2D eigenvalue weighted by Gasteiger charge is 2.31. The number of carbonyl (C=O) groups excluding carboxylic acids is 4. The Morgan fingerprint density at radius 2 is 1.48 bits per heavy atom. The van der Waals surface area contributed by atoms with Crippen molar-refractivity contribution in [2.45, 2.75) is 70.7 Å². The molecule has 11 nitrogen and oxygen atoms in total. The summed E-state index contributed by atoms with van der Waals surface area (Å²) < 4.78 is 11.0. The first kappa shape index (κ1) is 32.0. The van der Waals surface area contributed by atoms with Crippen LogP contribution < -0.4 is 16.4 Å². The number of aromatic nitrogens is 2. The molecule has 1 aromatic heterocycles. The molecule has 3 aromatic rings. The lowest BCUT2D eigenvalue weighted by molar-refractivity contribution is -0.157. The smallest absolute Gasteiger partial charge is 0.329 e. The maximum atomic E-state index is 13.3. The Bertz CT molecular complexity index is 1320. The first-order chi connectivity index (χ1) is 20.1. The maximum Gasteiger partial charge on any atom is 0.329 e. The van der Waals surface area contributed by atoms with Gasteiger partial charge in [-0.25, -0.2) is 14.6 Å². The summed E-state index contributed by atoms with van der Waals surface area (Å²) in [6.07, 6.45) is 2.91. The van der Waals surface area contributed by atoms with Crippen LogP contribution in [0, 0.1) is 0 Å². The molecule has 0 aliphatic rings. The Labute approximate surface area is 245 Å². The summed E-state index contributed by atoms with van der Waals surface area (Å²) in [6, 6.07) is 16.3. The van der Waals surface area contributed by atoms with Gasteiger partial charge < -0.3 is 30.8 Å². The van der Waals surface area contributed by atoms with E-state index < -0.39 is 41.4 Å². The van der Waals surface area contributed by atoms with E-state index in [-0.39, 0.29) is 24.4 Å². The minimum atomic E-state index is -1.05. The molecule has 0 saturated heterocycles. The predicted molar refractivity (Wildman–Crippen MR) is 156 cm³/mol. The molecule has 0 aliphatic heterocycles. The molecule has 0 fully saturated rings. The van der Waals surface area contributed by atoms with E-state index in [2.05, 4.69) is 20.6 Å². The summed E-state index contributed by atoms with van der Waals surface area (Å²) in [4.78, 5) is 59.2. The molecule has 0 bridgehead atoms. The molecule has 0 unspecified atom stereocenters. The number of nitrogens with zero attached hydrogens (tertiary/aromatic N) is 1. The number of ether oxygens (including phenoxy) is 2. The molecular weight excluding hydrogens is 538 g/mol. The summed E-state index contributed by atoms with van der Waals surface area (Å²) in [5.41, 5.74) is 6.05. The van der Waals surface area contributed by atoms with E-state index in [1.807, 2.05) is 60.7 Å². The van der Waals surface area contributed by atoms with E-state index >= 15 is 0 Å². The van der Waals surface area contributed by atoms with Gasteiger partial charge in [0, 0.05) is 6.42 Å². The molecule has 5 N–H and O–H groups in total. The number of benzene rings is 2. The molecule has 0 spiro atoms. The van der Waals surface area contributed by atoms with E-state index in [0.29, 0.717) is 25.8 Å². The largest absolute Gasteiger partial charge is 0.459 e. The summed E-state index contributed by atoms with van der Waals surface area (Å²) in [5.74, 6) is -2.70. The number of nitrogens with one attached hydrogen (secondary N) is 3. The van der Waals surface area contributed by atoms with Crippen molar-refractivity contribution in [2.24, 2.45) is 5.73 Å². The van der Waals surface area contributed by atoms with Crippen LogP contribution in [0.15, 0.2) is 67.0 Å². The molecule has 2 aromatic carbocycles. The summed E-state index contributed by atoms with van der Waals surface area (Å²) in [6.45, 7) is 5.68. The van der Waals surface area contributed by atoms with E-state index in [1.54, 1.807) is 20.8 Å². The predicted octanol–water partition coefficient (Wildman–Crippen LogP) is 3.06. The fraction of sp³-hybridized carbons (Fsp3) is 0.387. The molecule has 2 amide bonds. The Balaban J connectivity index is 1.75. The second kappa shape index (κ2) is 15.5. The van der Waals surface area contributed by atoms with Crippen molar-refractivity contribution in [1.82, 2.24) is 20.6 Å². The van der Waals surface area contributed by atoms with Crippen LogP contribution in [0.4, 0.5) is 0 Å². The fourth-order valence-electron chi connectivity index (χ4n) is 4.08. The van der Waals surface area contributed by atoms with Crippen molar-refractivity contribution in [1.29, 1.82) is 0 Å². The summed E-state index contributed by atoms with van der Waals surface area (Å²) in [7, 11) is 0. The van der Waals surface area contributed by atoms with E-state index in [4.69, 9.17) is 15.2 Å². The van der Waals surface area contributed by atoms with Crippen molar-refractivity contribution >= 4 is 23.8 Å². The molecule has 3 rings (SSSR count). The van der Waals surface area contributed by atoms with Crippen LogP contribution in [0.3, 0.4) is 0 Å². The normalized spacial score (nSPS) is 12.6. The lowest BCUT2D eigenvalue weighted by Crippen LogP contribution is -2.46. The third-order valence-electron chi connectivity index (χ3n) is 6.12. The van der Waals surface area contributed by atoms with Crippen molar-refractivity contribution in [3.63, 3.8) is 0 Å². The SMILES string of the molecule is CC(C)(C)OC(=O)[C@H](CCCCN)NC(=O)c1[nH]cnc1C(=O)N[C@@H](Cc1ccccc1)C(=O)OCc1ccccc1. The van der Waals surface area contributed by atoms with Crippen molar-refractivity contribution in [2.75, 3.05) is 6.54 Å². The van der Waals surface area contributed by atoms with Gasteiger partial charge in [0.25, 0.3) is 11.8 Å². The molecule has 0 aliphatic carbocycles. The Morgan fingerprint density at radius 3 is 2.10 bits per heavy atom. The average molecular weight is 578 g/mol. The minimum absolute atomic E-state index is 0.0348. The zero-order chi connectivity index (χ0) is 30.5. The molecule has 1 heterocycles. The molecule has 11 heteroatoms. The highest BCUT2D eigenvalue weighted by Crippen LogP contribution is 2.14. The van der Waals surface area contributed by atoms with Crippen LogP contribution in [0.2, 0.25) is 0 Å². The fourth-order valence-corrected chi connectivity index (χ4v) is 4.08. The van der Waals surface area contributed by atoms with E-state index in [9.17, 15) is 19.2 Å². The number of rotatable bonds is 14. The molecule has 0 saturated carbocycles. The first-order valence-electron chi connectivity index (χ1n) is 13.9. The van der Waals surface area contributed by atoms with Crippen LogP contribution in [-0.4, -0.2) is 58.0 Å². The van der Waals surface area contributed by atoms with Crippen molar-refractivity contribution < 1.29 is 28.7 Å². The third kappa shape index (κ3) is 10.2. The second-order valence-electron chi connectivity index (χ2n) is 10.8. The minimum Gasteiger partial charge on any atom is -0.459 e. The zero-order valence-corrected chi connectivity index (χ0v) is 24.2. The van der Waals surface area contributed by atoms with Gasteiger partial charge in [0.1, 0.15) is 30.0 Å². The number of unbranched alkanes of at least 4 members (excludes halogenated alkanes) is 1. The molecule has 42 heavy (non-hydrogen) atoms. The molecule has 2 atom stereocenters. The third-order valence-corrected chi connectivity index (χ3v) is 6.12. The Hall–Kier alpha value is -4.51. The number of nitrogens with two attached hydrogens (primary N) is 1. The lowest BCUT2D eigenvalue weighted by Gasteiger charge is -2.24. The summed E-state index contributed by atoms with van der Waals surface area (Å²) in [5, 5.41) is 5.32. The topological polar surface area (TPSA) is 165 Å². The number of aromatic amines is 1. The quantitative estimate of drug-likeness (QED) is 0.168. The van der Waals surface area contributed by atoms with Gasteiger partial charge in [-0.2, -0.15) is 0 Å². The number of imidazole rings is 1. The van der Waals surface area contributed by atoms with E-state index in [1.165, 1.54) is 6.33 Å². The van der Waals surface area contributed by atoms with Gasteiger partial charge in [-0.3, -0.25) is 9.59 Å². The van der Waals surface area contributed by atoms with Crippen LogP contribution in [-0.2, 0) is 32.1 Å². The highest BCUT2D eigenvalue weighted by atomic mass is 16.6. The second-order valence-corrected chi connectivity index (χ2v) is 10.8. The number of carbonyl (C=O) groups is 4. The Morgan fingerprint density at radius 1 is 0.857 bits per heavy atom. The number of hydrogen-bond acceptors (Lipinski definition) is 8. The zero-order valence-electron chi connectivity index (χ0n) is 24.2. The average Bonchev–Trinajstić information content (AvgIpc) is 3.46. The first-order valence-corrected chi connectivity index (χ1v) is 13.9. The lowest BCUT2D eigenvalue weighted by atomic mass is 10.1. The van der Waals surface area contributed by atoms with Crippen LogP contribution in [0.5, 0.6) is 0 Å². The number of hydrogen-bond donors (Lipinski definition) is 4. The number of amides is 2. The maximum absolute atomic E-state index is 13.3. The number of H-pyrrole nitrogens is 1. The van der Waals surface area contributed by atoms with Gasteiger partial charge in [-0.15, -0.1) is 0 Å². The van der Waals surface area contributed by atoms with Crippen molar-refractivity contribution in [3.8, 4) is 0 Å². The van der Waals surface area contributed by atoms with Crippen LogP contribution >= 0.6 is 0 Å². The van der Waals surface area contributed by atoms with E-state index in [0.717, 1.165) is 11.1 Å². The molecular formula is C31H39N5O6. The van der Waals surface area contributed by atoms with Gasteiger partial charge in [-0.1, -0.05) is 60.7 Å². The highest BCUT2D eigenvalue weighted by molar-refractivity contribution is 6.06. The van der Waals surface area contributed by atoms with Gasteiger partial charge in [-0.05, 0) is 57.7 Å². The van der Waals surface area contributed by atoms with Crippen molar-refractivity contribution in [3.05, 3.63) is 89.5 Å². The van der Waals surface area contributed by atoms with Gasteiger partial charge >= 0.3 is 11.9 Å². The monoisotopic (exact) mass is 577 g/mol. The standard InChI is InChI=1S/C31H39N5O6/c1-31(2,3)42-30(40)23(16-10-11-17-32)35-27(37)25-26(34-20-33-25)28(38)36-24(18-21-12-6-4-7-13-21)29(39)41-19-22-14-8-5-9-15-22/h4-9,12-15,20,23-24H,10-11,16-19,32H2,1-3H3,(H,33,34)(H,35,37)(H,36,38)/t23-,24-/m0/s1. The Kier molecular flexibility index (Phi) is 11.8. The van der Waals surface area contributed by atoms with Gasteiger partial charge in [0.2, 0.25) is 0 Å². The number of esters is 2. The van der Waals surface area contributed by atoms with Gasteiger partial charge in [0.15, 0.2) is 5.69 Å². The summed E-state index contributed by atoms with van der Waals surface area (Å²) >= 11 is 0. The molecule has 224 valence electrons.